The second-order valence-corrected chi connectivity index (χ2v) is 5.76. The molecule has 1 aromatic rings. The molecule has 2 unspecified atom stereocenters. The average molecular weight is 311 g/mol. The maximum absolute atomic E-state index is 12.0. The Labute approximate surface area is 128 Å². The van der Waals surface area contributed by atoms with Gasteiger partial charge < -0.3 is 15.3 Å². The van der Waals surface area contributed by atoms with Crippen molar-refractivity contribution in [2.75, 3.05) is 19.6 Å². The molecule has 0 saturated carbocycles. The third-order valence-corrected chi connectivity index (χ3v) is 3.98. The van der Waals surface area contributed by atoms with E-state index in [-0.39, 0.29) is 24.3 Å². The number of aliphatic hydroxyl groups is 1. The molecule has 2 amide bonds. The van der Waals surface area contributed by atoms with E-state index in [1.165, 1.54) is 0 Å². The number of halogens is 1. The van der Waals surface area contributed by atoms with Crippen LogP contribution in [0.1, 0.15) is 23.7 Å². The maximum atomic E-state index is 12.0. The Morgan fingerprint density at radius 2 is 2.29 bits per heavy atom. The van der Waals surface area contributed by atoms with Gasteiger partial charge in [-0.3, -0.25) is 9.59 Å². The first-order valence-corrected chi connectivity index (χ1v) is 7.35. The van der Waals surface area contributed by atoms with Crippen LogP contribution in [0.15, 0.2) is 24.3 Å². The van der Waals surface area contributed by atoms with Gasteiger partial charge in [-0.15, -0.1) is 0 Å². The smallest absolute Gasteiger partial charge is 0.251 e. The Balaban J connectivity index is 1.83. The fourth-order valence-corrected chi connectivity index (χ4v) is 2.60. The van der Waals surface area contributed by atoms with E-state index >= 15 is 0 Å². The molecule has 2 atom stereocenters. The lowest BCUT2D eigenvalue weighted by atomic mass is 10.0. The minimum absolute atomic E-state index is 0.0438. The van der Waals surface area contributed by atoms with Gasteiger partial charge in [0.15, 0.2) is 0 Å². The SMILES string of the molecule is CC(O)C1CCN(C(=O)CNC(=O)c2cccc(Cl)c2)C1. The highest BCUT2D eigenvalue weighted by atomic mass is 35.5. The summed E-state index contributed by atoms with van der Waals surface area (Å²) >= 11 is 5.82. The van der Waals surface area contributed by atoms with Crippen LogP contribution in [0.4, 0.5) is 0 Å². The van der Waals surface area contributed by atoms with Gasteiger partial charge in [0, 0.05) is 29.6 Å². The van der Waals surface area contributed by atoms with E-state index in [1.807, 2.05) is 0 Å². The van der Waals surface area contributed by atoms with Crippen LogP contribution in [0.5, 0.6) is 0 Å². The minimum Gasteiger partial charge on any atom is -0.393 e. The third kappa shape index (κ3) is 4.19. The van der Waals surface area contributed by atoms with Gasteiger partial charge >= 0.3 is 0 Å². The lowest BCUT2D eigenvalue weighted by molar-refractivity contribution is -0.129. The summed E-state index contributed by atoms with van der Waals surface area (Å²) < 4.78 is 0. The van der Waals surface area contributed by atoms with Gasteiger partial charge in [0.25, 0.3) is 5.91 Å². The lowest BCUT2D eigenvalue weighted by Gasteiger charge is -2.18. The number of hydrogen-bond acceptors (Lipinski definition) is 3. The van der Waals surface area contributed by atoms with E-state index < -0.39 is 6.10 Å². The summed E-state index contributed by atoms with van der Waals surface area (Å²) in [5, 5.41) is 12.6. The Morgan fingerprint density at radius 3 is 2.90 bits per heavy atom. The first-order valence-electron chi connectivity index (χ1n) is 6.97. The number of hydrogen-bond donors (Lipinski definition) is 2. The van der Waals surface area contributed by atoms with Crippen molar-refractivity contribution >= 4 is 23.4 Å². The van der Waals surface area contributed by atoms with Gasteiger partial charge in [-0.1, -0.05) is 17.7 Å². The van der Waals surface area contributed by atoms with Crippen molar-refractivity contribution in [3.05, 3.63) is 34.9 Å². The summed E-state index contributed by atoms with van der Waals surface area (Å²) in [6.45, 7) is 2.86. The number of likely N-dealkylation sites (tertiary alicyclic amines) is 1. The van der Waals surface area contributed by atoms with E-state index in [4.69, 9.17) is 11.6 Å². The Morgan fingerprint density at radius 1 is 1.52 bits per heavy atom. The zero-order valence-corrected chi connectivity index (χ0v) is 12.6. The number of rotatable bonds is 4. The normalized spacial score (nSPS) is 19.4. The zero-order chi connectivity index (χ0) is 15.4. The standard InChI is InChI=1S/C15H19ClN2O3/c1-10(19)12-5-6-18(9-12)14(20)8-17-15(21)11-3-2-4-13(16)7-11/h2-4,7,10,12,19H,5-6,8-9H2,1H3,(H,17,21). The topological polar surface area (TPSA) is 69.6 Å². The molecule has 6 heteroatoms. The van der Waals surface area contributed by atoms with Crippen molar-refractivity contribution in [2.45, 2.75) is 19.4 Å². The molecule has 0 aromatic heterocycles. The molecule has 5 nitrogen and oxygen atoms in total. The monoisotopic (exact) mass is 310 g/mol. The van der Waals surface area contributed by atoms with Gasteiger partial charge in [0.05, 0.1) is 12.6 Å². The number of nitrogens with one attached hydrogen (secondary N) is 1. The second-order valence-electron chi connectivity index (χ2n) is 5.32. The quantitative estimate of drug-likeness (QED) is 0.880. The van der Waals surface area contributed by atoms with Crippen LogP contribution in [0.2, 0.25) is 5.02 Å². The number of carbonyl (C=O) groups is 2. The predicted molar refractivity (Wildman–Crippen MR) is 80.2 cm³/mol. The molecule has 0 spiro atoms. The third-order valence-electron chi connectivity index (χ3n) is 3.75. The molecule has 114 valence electrons. The summed E-state index contributed by atoms with van der Waals surface area (Å²) in [6.07, 6.45) is 0.384. The molecule has 0 radical (unpaired) electrons. The Hall–Kier alpha value is -1.59. The molecule has 21 heavy (non-hydrogen) atoms. The highest BCUT2D eigenvalue weighted by molar-refractivity contribution is 6.30. The summed E-state index contributed by atoms with van der Waals surface area (Å²) in [7, 11) is 0. The zero-order valence-electron chi connectivity index (χ0n) is 11.9. The summed E-state index contributed by atoms with van der Waals surface area (Å²) in [5.74, 6) is -0.330. The fourth-order valence-electron chi connectivity index (χ4n) is 2.41. The van der Waals surface area contributed by atoms with Crippen LogP contribution in [-0.2, 0) is 4.79 Å². The molecule has 0 aliphatic carbocycles. The van der Waals surface area contributed by atoms with E-state index in [0.29, 0.717) is 23.7 Å². The summed E-state index contributed by atoms with van der Waals surface area (Å²) in [4.78, 5) is 25.6. The summed E-state index contributed by atoms with van der Waals surface area (Å²) in [6, 6.07) is 6.57. The highest BCUT2D eigenvalue weighted by Gasteiger charge is 2.28. The maximum Gasteiger partial charge on any atom is 0.251 e. The van der Waals surface area contributed by atoms with Gasteiger partial charge in [-0.2, -0.15) is 0 Å². The molecule has 1 aromatic carbocycles. The molecule has 2 rings (SSSR count). The number of aliphatic hydroxyl groups excluding tert-OH is 1. The van der Waals surface area contributed by atoms with Crippen molar-refractivity contribution in [1.82, 2.24) is 10.2 Å². The van der Waals surface area contributed by atoms with E-state index in [0.717, 1.165) is 6.42 Å². The van der Waals surface area contributed by atoms with Crippen LogP contribution < -0.4 is 5.32 Å². The lowest BCUT2D eigenvalue weighted by Crippen LogP contribution is -2.39. The van der Waals surface area contributed by atoms with Crippen LogP contribution in [-0.4, -0.2) is 47.6 Å². The fraction of sp³-hybridized carbons (Fsp3) is 0.467. The second kappa shape index (κ2) is 6.91. The van der Waals surface area contributed by atoms with Gasteiger partial charge in [-0.25, -0.2) is 0 Å². The molecule has 1 fully saturated rings. The molecule has 1 heterocycles. The molecular weight excluding hydrogens is 292 g/mol. The van der Waals surface area contributed by atoms with Crippen molar-refractivity contribution in [3.63, 3.8) is 0 Å². The van der Waals surface area contributed by atoms with Gasteiger partial charge in [0.1, 0.15) is 0 Å². The van der Waals surface area contributed by atoms with E-state index in [1.54, 1.807) is 36.1 Å². The van der Waals surface area contributed by atoms with Crippen LogP contribution in [0, 0.1) is 5.92 Å². The van der Waals surface area contributed by atoms with E-state index in [2.05, 4.69) is 5.32 Å². The van der Waals surface area contributed by atoms with Crippen molar-refractivity contribution in [3.8, 4) is 0 Å². The Bertz CT molecular complexity index is 533. The number of carbonyl (C=O) groups excluding carboxylic acids is 2. The van der Waals surface area contributed by atoms with Gasteiger partial charge in [-0.05, 0) is 31.5 Å². The van der Waals surface area contributed by atoms with Crippen molar-refractivity contribution < 1.29 is 14.7 Å². The van der Waals surface area contributed by atoms with Crippen LogP contribution in [0.25, 0.3) is 0 Å². The first-order chi connectivity index (χ1) is 9.97. The molecule has 1 aliphatic rings. The average Bonchev–Trinajstić information content (AvgIpc) is 2.94. The van der Waals surface area contributed by atoms with Crippen LogP contribution >= 0.6 is 11.6 Å². The molecule has 2 N–H and O–H groups in total. The first kappa shape index (κ1) is 15.8. The molecule has 1 saturated heterocycles. The number of benzene rings is 1. The minimum atomic E-state index is -0.413. The Kier molecular flexibility index (Phi) is 5.20. The van der Waals surface area contributed by atoms with Crippen molar-refractivity contribution in [2.24, 2.45) is 5.92 Å². The number of amides is 2. The van der Waals surface area contributed by atoms with Crippen LogP contribution in [0.3, 0.4) is 0 Å². The molecular formula is C15H19ClN2O3. The van der Waals surface area contributed by atoms with E-state index in [9.17, 15) is 14.7 Å². The molecule has 1 aliphatic heterocycles. The molecule has 0 bridgehead atoms. The largest absolute Gasteiger partial charge is 0.393 e. The predicted octanol–water partition coefficient (Wildman–Crippen LogP) is 1.30. The van der Waals surface area contributed by atoms with Crippen molar-refractivity contribution in [1.29, 1.82) is 0 Å². The number of nitrogens with zero attached hydrogens (tertiary/aromatic N) is 1. The summed E-state index contributed by atoms with van der Waals surface area (Å²) in [5.41, 5.74) is 0.429. The van der Waals surface area contributed by atoms with Gasteiger partial charge in [0.2, 0.25) is 5.91 Å². The highest BCUT2D eigenvalue weighted by Crippen LogP contribution is 2.19.